The van der Waals surface area contributed by atoms with E-state index >= 15 is 0 Å². The molecule has 2 fully saturated rings. The monoisotopic (exact) mass is 550 g/mol. The first-order valence-electron chi connectivity index (χ1n) is 14.7. The molecule has 40 heavy (non-hydrogen) atoms. The number of ether oxygens (including phenoxy) is 2. The SMILES string of the molecule is CCOC1CN(C2CCN(CC3=CCCC=C3)C[C@@H]2Oc2ccc3c(c2)CN(C(C)CCC(=O)NC=O)C3=O)C1. The largest absolute Gasteiger partial charge is 0.487 e. The average Bonchev–Trinajstić information content (AvgIpc) is 3.26. The van der Waals surface area contributed by atoms with E-state index in [4.69, 9.17) is 9.47 Å². The topological polar surface area (TPSA) is 91.4 Å². The predicted molar refractivity (Wildman–Crippen MR) is 152 cm³/mol. The minimum atomic E-state index is -0.330. The van der Waals surface area contributed by atoms with Crippen LogP contribution in [0.2, 0.25) is 0 Å². The van der Waals surface area contributed by atoms with Crippen molar-refractivity contribution in [2.75, 3.05) is 39.3 Å². The second kappa shape index (κ2) is 13.1. The quantitative estimate of drug-likeness (QED) is 0.400. The summed E-state index contributed by atoms with van der Waals surface area (Å²) in [6.07, 6.45) is 11.6. The van der Waals surface area contributed by atoms with Gasteiger partial charge in [-0.2, -0.15) is 0 Å². The van der Waals surface area contributed by atoms with Crippen LogP contribution in [0.15, 0.2) is 42.0 Å². The van der Waals surface area contributed by atoms with E-state index in [1.54, 1.807) is 4.90 Å². The lowest BCUT2D eigenvalue weighted by molar-refractivity contribution is -0.125. The van der Waals surface area contributed by atoms with Crippen molar-refractivity contribution >= 4 is 18.2 Å². The Kier molecular flexibility index (Phi) is 9.34. The van der Waals surface area contributed by atoms with Crippen LogP contribution in [0.5, 0.6) is 5.75 Å². The lowest BCUT2D eigenvalue weighted by Gasteiger charge is -2.49. The number of amides is 3. The average molecular weight is 551 g/mol. The molecule has 3 atom stereocenters. The van der Waals surface area contributed by atoms with Crippen LogP contribution in [0.3, 0.4) is 0 Å². The van der Waals surface area contributed by atoms with Gasteiger partial charge in [0.2, 0.25) is 12.3 Å². The highest BCUT2D eigenvalue weighted by Crippen LogP contribution is 2.32. The molecule has 0 bridgehead atoms. The van der Waals surface area contributed by atoms with E-state index in [0.717, 1.165) is 69.9 Å². The molecular formula is C31H42N4O5. The normalized spacial score (nSPS) is 24.3. The number of imide groups is 1. The zero-order valence-corrected chi connectivity index (χ0v) is 23.7. The molecular weight excluding hydrogens is 508 g/mol. The number of piperidine rings is 1. The summed E-state index contributed by atoms with van der Waals surface area (Å²) in [5.41, 5.74) is 3.03. The molecule has 0 saturated carbocycles. The van der Waals surface area contributed by atoms with Gasteiger partial charge in [0.1, 0.15) is 11.9 Å². The number of rotatable bonds is 12. The van der Waals surface area contributed by atoms with Crippen molar-refractivity contribution in [3.63, 3.8) is 0 Å². The molecule has 216 valence electrons. The maximum atomic E-state index is 13.1. The van der Waals surface area contributed by atoms with Crippen molar-refractivity contribution in [2.45, 2.75) is 76.8 Å². The Morgan fingerprint density at radius 1 is 1.23 bits per heavy atom. The van der Waals surface area contributed by atoms with Gasteiger partial charge in [-0.3, -0.25) is 29.5 Å². The summed E-state index contributed by atoms with van der Waals surface area (Å²) in [7, 11) is 0. The van der Waals surface area contributed by atoms with Crippen molar-refractivity contribution in [2.24, 2.45) is 0 Å². The fourth-order valence-electron chi connectivity index (χ4n) is 6.33. The summed E-state index contributed by atoms with van der Waals surface area (Å²) in [5, 5.41) is 2.16. The number of nitrogens with zero attached hydrogens (tertiary/aromatic N) is 3. The van der Waals surface area contributed by atoms with Gasteiger partial charge in [-0.1, -0.05) is 18.2 Å². The second-order valence-electron chi connectivity index (χ2n) is 11.4. The van der Waals surface area contributed by atoms with Crippen LogP contribution in [0.25, 0.3) is 0 Å². The Bertz CT molecular complexity index is 1140. The fraction of sp³-hybridized carbons (Fsp3) is 0.581. The van der Waals surface area contributed by atoms with E-state index in [9.17, 15) is 14.4 Å². The number of carbonyl (C=O) groups excluding carboxylic acids is 3. The predicted octanol–water partition coefficient (Wildman–Crippen LogP) is 2.90. The summed E-state index contributed by atoms with van der Waals surface area (Å²) in [4.78, 5) is 42.1. The summed E-state index contributed by atoms with van der Waals surface area (Å²) in [6, 6.07) is 6.02. The first kappa shape index (κ1) is 28.5. The highest BCUT2D eigenvalue weighted by molar-refractivity contribution is 5.98. The van der Waals surface area contributed by atoms with E-state index < -0.39 is 0 Å². The molecule has 1 N–H and O–H groups in total. The summed E-state index contributed by atoms with van der Waals surface area (Å²) in [5.74, 6) is 0.438. The smallest absolute Gasteiger partial charge is 0.254 e. The molecule has 3 aliphatic heterocycles. The lowest BCUT2D eigenvalue weighted by atomic mass is 9.95. The number of nitrogens with one attached hydrogen (secondary N) is 1. The molecule has 1 aromatic carbocycles. The molecule has 0 spiro atoms. The molecule has 9 heteroatoms. The minimum Gasteiger partial charge on any atom is -0.487 e. The molecule has 0 aromatic heterocycles. The van der Waals surface area contributed by atoms with Gasteiger partial charge in [-0.15, -0.1) is 0 Å². The van der Waals surface area contributed by atoms with Crippen LogP contribution in [0, 0.1) is 0 Å². The molecule has 4 aliphatic rings. The summed E-state index contributed by atoms with van der Waals surface area (Å²) < 4.78 is 12.5. The molecule has 3 amide bonds. The molecule has 5 rings (SSSR count). The van der Waals surface area contributed by atoms with Gasteiger partial charge in [-0.25, -0.2) is 0 Å². The van der Waals surface area contributed by atoms with Crippen molar-refractivity contribution in [3.05, 3.63) is 53.1 Å². The van der Waals surface area contributed by atoms with E-state index in [-0.39, 0.29) is 30.4 Å². The van der Waals surface area contributed by atoms with E-state index in [1.807, 2.05) is 32.0 Å². The van der Waals surface area contributed by atoms with Gasteiger partial charge < -0.3 is 14.4 Å². The van der Waals surface area contributed by atoms with Crippen LogP contribution < -0.4 is 10.1 Å². The first-order chi connectivity index (χ1) is 19.4. The van der Waals surface area contributed by atoms with Gasteiger partial charge in [0.05, 0.1) is 6.10 Å². The van der Waals surface area contributed by atoms with E-state index in [2.05, 4.69) is 33.3 Å². The highest BCUT2D eigenvalue weighted by Gasteiger charge is 2.41. The second-order valence-corrected chi connectivity index (χ2v) is 11.4. The number of hydrogen-bond donors (Lipinski definition) is 1. The third-order valence-corrected chi connectivity index (χ3v) is 8.57. The van der Waals surface area contributed by atoms with Crippen LogP contribution in [-0.2, 0) is 20.9 Å². The zero-order valence-electron chi connectivity index (χ0n) is 23.7. The first-order valence-corrected chi connectivity index (χ1v) is 14.7. The Hall–Kier alpha value is -3.01. The molecule has 0 radical (unpaired) electrons. The van der Waals surface area contributed by atoms with E-state index in [0.29, 0.717) is 37.1 Å². The summed E-state index contributed by atoms with van der Waals surface area (Å²) >= 11 is 0. The molecule has 9 nitrogen and oxygen atoms in total. The Balaban J connectivity index is 1.25. The minimum absolute atomic E-state index is 0.0195. The Labute approximate surface area is 237 Å². The van der Waals surface area contributed by atoms with E-state index in [1.165, 1.54) is 5.57 Å². The highest BCUT2D eigenvalue weighted by atomic mass is 16.5. The number of allylic oxidation sites excluding steroid dienone is 2. The van der Waals surface area contributed by atoms with Gasteiger partial charge >= 0.3 is 0 Å². The Morgan fingerprint density at radius 3 is 2.83 bits per heavy atom. The van der Waals surface area contributed by atoms with Gasteiger partial charge in [0, 0.05) is 69.9 Å². The van der Waals surface area contributed by atoms with Crippen molar-refractivity contribution in [3.8, 4) is 5.75 Å². The molecule has 2 saturated heterocycles. The molecule has 2 unspecified atom stereocenters. The van der Waals surface area contributed by atoms with Crippen molar-refractivity contribution in [1.82, 2.24) is 20.0 Å². The van der Waals surface area contributed by atoms with Gasteiger partial charge in [0.25, 0.3) is 5.91 Å². The molecule has 1 aromatic rings. The van der Waals surface area contributed by atoms with Gasteiger partial charge in [0.15, 0.2) is 0 Å². The van der Waals surface area contributed by atoms with Crippen molar-refractivity contribution < 1.29 is 23.9 Å². The third kappa shape index (κ3) is 6.65. The maximum absolute atomic E-state index is 13.1. The number of fused-ring (bicyclic) bond motifs is 1. The van der Waals surface area contributed by atoms with Crippen molar-refractivity contribution in [1.29, 1.82) is 0 Å². The Morgan fingerprint density at radius 2 is 2.08 bits per heavy atom. The van der Waals surface area contributed by atoms with Crippen LogP contribution in [0.4, 0.5) is 0 Å². The molecule has 1 aliphatic carbocycles. The lowest BCUT2D eigenvalue weighted by Crippen LogP contribution is -2.64. The zero-order chi connectivity index (χ0) is 28.1. The fourth-order valence-corrected chi connectivity index (χ4v) is 6.33. The number of carbonyl (C=O) groups is 3. The van der Waals surface area contributed by atoms with Crippen LogP contribution in [0.1, 0.15) is 61.9 Å². The van der Waals surface area contributed by atoms with Crippen LogP contribution >= 0.6 is 0 Å². The third-order valence-electron chi connectivity index (χ3n) is 8.57. The standard InChI is InChI=1S/C31H42N4O5/c1-3-39-26-18-34(19-26)28-13-14-33(16-23-7-5-4-6-8-23)20-29(28)40-25-10-11-27-24(15-25)17-35(31(27)38)22(2)9-12-30(37)32-21-36/h5,7-8,10-11,15,21-22,26,28-29H,3-4,6,9,12-14,16-20H2,1-2H3,(H,32,36,37)/t22?,28?,29-/m0/s1. The number of likely N-dealkylation sites (tertiary alicyclic amines) is 2. The van der Waals surface area contributed by atoms with Gasteiger partial charge in [-0.05, 0) is 68.9 Å². The summed E-state index contributed by atoms with van der Waals surface area (Å²) in [6.45, 7) is 9.96. The maximum Gasteiger partial charge on any atom is 0.254 e. The number of benzene rings is 1. The number of hydrogen-bond acceptors (Lipinski definition) is 7. The molecule has 3 heterocycles. The van der Waals surface area contributed by atoms with Crippen LogP contribution in [-0.4, -0.2) is 96.5 Å².